The average molecular weight is 442 g/mol. The van der Waals surface area contributed by atoms with Crippen molar-refractivity contribution in [2.75, 3.05) is 10.6 Å². The Hall–Kier alpha value is -3.16. The van der Waals surface area contributed by atoms with Crippen molar-refractivity contribution >= 4 is 52.2 Å². The Bertz CT molecular complexity index is 1080. The zero-order valence-corrected chi connectivity index (χ0v) is 18.0. The van der Waals surface area contributed by atoms with Gasteiger partial charge in [0, 0.05) is 23.4 Å². The molecule has 0 atom stereocenters. The van der Waals surface area contributed by atoms with Crippen molar-refractivity contribution in [2.24, 2.45) is 0 Å². The Morgan fingerprint density at radius 2 is 1.90 bits per heavy atom. The maximum atomic E-state index is 12.3. The molecule has 30 heavy (non-hydrogen) atoms. The normalized spacial score (nSPS) is 10.8. The SMILES string of the molecule is CC(=O)Nc1ccc(Cl)cc1NC(=O)/C=C/c1ccc(OCc2csc(C)n2)cc1. The van der Waals surface area contributed by atoms with E-state index in [9.17, 15) is 9.59 Å². The average Bonchev–Trinajstić information content (AvgIpc) is 3.12. The highest BCUT2D eigenvalue weighted by molar-refractivity contribution is 7.09. The van der Waals surface area contributed by atoms with Crippen LogP contribution in [0.2, 0.25) is 5.02 Å². The van der Waals surface area contributed by atoms with E-state index in [0.29, 0.717) is 23.0 Å². The molecule has 2 aromatic carbocycles. The van der Waals surface area contributed by atoms with Gasteiger partial charge in [0.1, 0.15) is 12.4 Å². The maximum absolute atomic E-state index is 12.3. The van der Waals surface area contributed by atoms with Gasteiger partial charge in [-0.25, -0.2) is 4.98 Å². The summed E-state index contributed by atoms with van der Waals surface area (Å²) in [7, 11) is 0. The summed E-state index contributed by atoms with van der Waals surface area (Å²) in [6.45, 7) is 3.77. The van der Waals surface area contributed by atoms with Gasteiger partial charge in [-0.3, -0.25) is 9.59 Å². The number of hydrogen-bond donors (Lipinski definition) is 2. The fourth-order valence-corrected chi connectivity index (χ4v) is 3.34. The quantitative estimate of drug-likeness (QED) is 0.488. The molecule has 3 aromatic rings. The third-order valence-corrected chi connectivity index (χ3v) is 4.97. The molecule has 0 aliphatic carbocycles. The van der Waals surface area contributed by atoms with Crippen molar-refractivity contribution in [3.63, 3.8) is 0 Å². The first-order chi connectivity index (χ1) is 14.4. The number of hydrogen-bond acceptors (Lipinski definition) is 5. The predicted octanol–water partition coefficient (Wildman–Crippen LogP) is 5.29. The van der Waals surface area contributed by atoms with Gasteiger partial charge >= 0.3 is 0 Å². The van der Waals surface area contributed by atoms with E-state index in [0.717, 1.165) is 22.0 Å². The maximum Gasteiger partial charge on any atom is 0.248 e. The molecule has 0 aliphatic heterocycles. The minimum Gasteiger partial charge on any atom is -0.487 e. The molecular formula is C22H20ClN3O3S. The van der Waals surface area contributed by atoms with Crippen molar-refractivity contribution in [1.82, 2.24) is 4.98 Å². The summed E-state index contributed by atoms with van der Waals surface area (Å²) in [5, 5.41) is 8.81. The number of rotatable bonds is 7. The van der Waals surface area contributed by atoms with Crippen LogP contribution >= 0.6 is 22.9 Å². The van der Waals surface area contributed by atoms with Gasteiger partial charge in [-0.2, -0.15) is 0 Å². The summed E-state index contributed by atoms with van der Waals surface area (Å²) in [6, 6.07) is 12.2. The third-order valence-electron chi connectivity index (χ3n) is 3.91. The summed E-state index contributed by atoms with van der Waals surface area (Å²) < 4.78 is 5.71. The molecule has 2 amide bonds. The minimum absolute atomic E-state index is 0.240. The predicted molar refractivity (Wildman–Crippen MR) is 121 cm³/mol. The number of amides is 2. The van der Waals surface area contributed by atoms with Crippen LogP contribution in [0, 0.1) is 6.92 Å². The second-order valence-electron chi connectivity index (χ2n) is 6.41. The number of aromatic nitrogens is 1. The van der Waals surface area contributed by atoms with Crippen LogP contribution < -0.4 is 15.4 Å². The van der Waals surface area contributed by atoms with E-state index >= 15 is 0 Å². The number of anilines is 2. The van der Waals surface area contributed by atoms with Crippen molar-refractivity contribution in [1.29, 1.82) is 0 Å². The molecule has 154 valence electrons. The van der Waals surface area contributed by atoms with Gasteiger partial charge in [-0.15, -0.1) is 11.3 Å². The number of halogens is 1. The Morgan fingerprint density at radius 3 is 2.57 bits per heavy atom. The number of thiazole rings is 1. The smallest absolute Gasteiger partial charge is 0.248 e. The molecule has 0 fully saturated rings. The van der Waals surface area contributed by atoms with Gasteiger partial charge in [0.15, 0.2) is 0 Å². The largest absolute Gasteiger partial charge is 0.487 e. The topological polar surface area (TPSA) is 80.3 Å². The molecule has 1 aromatic heterocycles. The van der Waals surface area contributed by atoms with Gasteiger partial charge in [0.2, 0.25) is 11.8 Å². The standard InChI is InChI=1S/C22H20ClN3O3S/c1-14(27)24-20-9-6-17(23)11-21(20)26-22(28)10-5-16-3-7-19(8-4-16)29-12-18-13-30-15(2)25-18/h3-11,13H,12H2,1-2H3,(H,24,27)(H,26,28)/b10-5+. The lowest BCUT2D eigenvalue weighted by Crippen LogP contribution is -2.13. The van der Waals surface area contributed by atoms with Gasteiger partial charge in [-0.1, -0.05) is 23.7 Å². The summed E-state index contributed by atoms with van der Waals surface area (Å²) >= 11 is 7.58. The van der Waals surface area contributed by atoms with E-state index in [4.69, 9.17) is 16.3 Å². The Kier molecular flexibility index (Phi) is 7.21. The molecule has 2 N–H and O–H groups in total. The first-order valence-corrected chi connectivity index (χ1v) is 10.3. The second kappa shape index (κ2) is 10.0. The summed E-state index contributed by atoms with van der Waals surface area (Å²) in [6.07, 6.45) is 3.10. The number of ether oxygens (including phenoxy) is 1. The summed E-state index contributed by atoms with van der Waals surface area (Å²) in [4.78, 5) is 28.0. The van der Waals surface area contributed by atoms with Crippen LogP contribution in [-0.2, 0) is 16.2 Å². The fourth-order valence-electron chi connectivity index (χ4n) is 2.57. The number of carbonyl (C=O) groups is 2. The Morgan fingerprint density at radius 1 is 1.13 bits per heavy atom. The van der Waals surface area contributed by atoms with Gasteiger partial charge in [-0.05, 0) is 48.9 Å². The molecule has 6 nitrogen and oxygen atoms in total. The lowest BCUT2D eigenvalue weighted by atomic mass is 10.2. The number of nitrogens with zero attached hydrogens (tertiary/aromatic N) is 1. The first-order valence-electron chi connectivity index (χ1n) is 9.09. The molecule has 0 radical (unpaired) electrons. The molecule has 0 unspecified atom stereocenters. The molecular weight excluding hydrogens is 422 g/mol. The van der Waals surface area contributed by atoms with Crippen LogP contribution in [0.3, 0.4) is 0 Å². The van der Waals surface area contributed by atoms with E-state index in [-0.39, 0.29) is 11.8 Å². The monoisotopic (exact) mass is 441 g/mol. The first kappa shape index (κ1) is 21.5. The highest BCUT2D eigenvalue weighted by Gasteiger charge is 2.07. The second-order valence-corrected chi connectivity index (χ2v) is 7.91. The van der Waals surface area contributed by atoms with Crippen molar-refractivity contribution in [3.8, 4) is 5.75 Å². The summed E-state index contributed by atoms with van der Waals surface area (Å²) in [5.41, 5.74) is 2.65. The number of benzene rings is 2. The molecule has 3 rings (SSSR count). The zero-order chi connectivity index (χ0) is 21.5. The van der Waals surface area contributed by atoms with E-state index in [1.165, 1.54) is 13.0 Å². The number of carbonyl (C=O) groups excluding carboxylic acids is 2. The van der Waals surface area contributed by atoms with Gasteiger partial charge < -0.3 is 15.4 Å². The number of nitrogens with one attached hydrogen (secondary N) is 2. The minimum atomic E-state index is -0.344. The van der Waals surface area contributed by atoms with Crippen molar-refractivity contribution < 1.29 is 14.3 Å². The van der Waals surface area contributed by atoms with E-state index in [2.05, 4.69) is 15.6 Å². The molecule has 0 spiro atoms. The third kappa shape index (κ3) is 6.43. The van der Waals surface area contributed by atoms with Crippen LogP contribution in [0.5, 0.6) is 5.75 Å². The van der Waals surface area contributed by atoms with Gasteiger partial charge in [0.25, 0.3) is 0 Å². The Labute approximate surface area is 183 Å². The van der Waals surface area contributed by atoms with Crippen LogP contribution in [0.25, 0.3) is 6.08 Å². The van der Waals surface area contributed by atoms with Crippen LogP contribution in [0.1, 0.15) is 23.2 Å². The Balaban J connectivity index is 1.58. The van der Waals surface area contributed by atoms with Crippen LogP contribution in [0.15, 0.2) is 53.9 Å². The van der Waals surface area contributed by atoms with Gasteiger partial charge in [0.05, 0.1) is 22.1 Å². The highest BCUT2D eigenvalue weighted by atomic mass is 35.5. The summed E-state index contributed by atoms with van der Waals surface area (Å²) in [5.74, 6) is 0.139. The zero-order valence-electron chi connectivity index (χ0n) is 16.4. The lowest BCUT2D eigenvalue weighted by molar-refractivity contribution is -0.114. The van der Waals surface area contributed by atoms with E-state index in [1.54, 1.807) is 35.6 Å². The molecule has 0 aliphatic rings. The van der Waals surface area contributed by atoms with E-state index in [1.807, 2.05) is 36.6 Å². The van der Waals surface area contributed by atoms with E-state index < -0.39 is 0 Å². The lowest BCUT2D eigenvalue weighted by Gasteiger charge is -2.10. The molecule has 0 saturated heterocycles. The molecule has 0 saturated carbocycles. The molecule has 1 heterocycles. The fraction of sp³-hybridized carbons (Fsp3) is 0.136. The molecule has 0 bridgehead atoms. The number of aryl methyl sites for hydroxylation is 1. The van der Waals surface area contributed by atoms with Crippen LogP contribution in [0.4, 0.5) is 11.4 Å². The molecule has 8 heteroatoms. The van der Waals surface area contributed by atoms with Crippen LogP contribution in [-0.4, -0.2) is 16.8 Å². The van der Waals surface area contributed by atoms with Crippen molar-refractivity contribution in [2.45, 2.75) is 20.5 Å². The van der Waals surface area contributed by atoms with Crippen molar-refractivity contribution in [3.05, 3.63) is 75.2 Å². The highest BCUT2D eigenvalue weighted by Crippen LogP contribution is 2.26.